The molecule has 0 amide bonds. The lowest BCUT2D eigenvalue weighted by Crippen LogP contribution is -2.12. The van der Waals surface area contributed by atoms with Gasteiger partial charge in [0.1, 0.15) is 0 Å². The van der Waals surface area contributed by atoms with E-state index >= 15 is 0 Å². The van der Waals surface area contributed by atoms with Crippen LogP contribution in [0.15, 0.2) is 44.7 Å². The van der Waals surface area contributed by atoms with E-state index in [1.807, 2.05) is 30.3 Å². The third kappa shape index (κ3) is 2.50. The van der Waals surface area contributed by atoms with Gasteiger partial charge in [0.2, 0.25) is 11.8 Å². The van der Waals surface area contributed by atoms with Crippen LogP contribution in [0.25, 0.3) is 11.5 Å². The van der Waals surface area contributed by atoms with Crippen molar-refractivity contribution in [1.29, 1.82) is 0 Å². The molecule has 0 aliphatic heterocycles. The highest BCUT2D eigenvalue weighted by molar-refractivity contribution is 7.98. The minimum atomic E-state index is -0.247. The first-order valence-electron chi connectivity index (χ1n) is 5.86. The minimum Gasteiger partial charge on any atom is -0.420 e. The van der Waals surface area contributed by atoms with E-state index in [0.29, 0.717) is 22.7 Å². The molecule has 20 heavy (non-hydrogen) atoms. The molecular formula is C12H11N5O2S. The van der Waals surface area contributed by atoms with Gasteiger partial charge in [-0.25, -0.2) is 9.89 Å². The monoisotopic (exact) mass is 289 g/mol. The molecule has 0 aliphatic rings. The van der Waals surface area contributed by atoms with Crippen LogP contribution in [0.4, 0.5) is 0 Å². The van der Waals surface area contributed by atoms with Crippen LogP contribution < -0.4 is 5.69 Å². The summed E-state index contributed by atoms with van der Waals surface area (Å²) in [6, 6.07) is 9.55. The van der Waals surface area contributed by atoms with Gasteiger partial charge in [0.15, 0.2) is 5.16 Å². The molecule has 0 spiro atoms. The van der Waals surface area contributed by atoms with Crippen molar-refractivity contribution in [1.82, 2.24) is 25.0 Å². The highest BCUT2D eigenvalue weighted by Crippen LogP contribution is 2.22. The van der Waals surface area contributed by atoms with Crippen LogP contribution in [0.1, 0.15) is 5.89 Å². The number of rotatable bonds is 4. The molecule has 0 aliphatic carbocycles. The molecule has 0 bridgehead atoms. The number of benzene rings is 1. The van der Waals surface area contributed by atoms with Crippen LogP contribution in [0.2, 0.25) is 0 Å². The van der Waals surface area contributed by atoms with Crippen molar-refractivity contribution < 1.29 is 4.42 Å². The Morgan fingerprint density at radius 2 is 2.10 bits per heavy atom. The number of hydrogen-bond acceptors (Lipinski definition) is 6. The minimum absolute atomic E-state index is 0.247. The quantitative estimate of drug-likeness (QED) is 0.731. The lowest BCUT2D eigenvalue weighted by atomic mass is 10.2. The lowest BCUT2D eigenvalue weighted by Gasteiger charge is -1.96. The van der Waals surface area contributed by atoms with Crippen LogP contribution in [-0.4, -0.2) is 25.0 Å². The van der Waals surface area contributed by atoms with E-state index < -0.39 is 0 Å². The fourth-order valence-corrected chi connectivity index (χ4v) is 2.35. The normalized spacial score (nSPS) is 10.8. The SMILES string of the molecule is Cn1c(SCc2nnc(-c3ccccc3)o2)n[nH]c1=O. The van der Waals surface area contributed by atoms with E-state index in [0.717, 1.165) is 5.56 Å². The van der Waals surface area contributed by atoms with Gasteiger partial charge in [-0.1, -0.05) is 30.0 Å². The van der Waals surface area contributed by atoms with Crippen molar-refractivity contribution in [3.05, 3.63) is 46.7 Å². The molecule has 0 atom stereocenters. The number of aromatic nitrogens is 5. The Bertz CT molecular complexity index is 762. The summed E-state index contributed by atoms with van der Waals surface area (Å²) in [5.74, 6) is 1.43. The van der Waals surface area contributed by atoms with Crippen molar-refractivity contribution in [2.24, 2.45) is 7.05 Å². The summed E-state index contributed by atoms with van der Waals surface area (Å²) in [4.78, 5) is 11.2. The van der Waals surface area contributed by atoms with Gasteiger partial charge in [0, 0.05) is 12.6 Å². The number of nitrogens with one attached hydrogen (secondary N) is 1. The fourth-order valence-electron chi connectivity index (χ4n) is 1.60. The van der Waals surface area contributed by atoms with Gasteiger partial charge in [-0.3, -0.25) is 4.57 Å². The number of thioether (sulfide) groups is 1. The zero-order valence-corrected chi connectivity index (χ0v) is 11.4. The maximum Gasteiger partial charge on any atom is 0.343 e. The molecule has 8 heteroatoms. The van der Waals surface area contributed by atoms with Gasteiger partial charge in [-0.05, 0) is 12.1 Å². The number of nitrogens with zero attached hydrogens (tertiary/aromatic N) is 4. The fraction of sp³-hybridized carbons (Fsp3) is 0.167. The van der Waals surface area contributed by atoms with Crippen molar-refractivity contribution >= 4 is 11.8 Å². The summed E-state index contributed by atoms with van der Waals surface area (Å²) < 4.78 is 7.00. The Balaban J connectivity index is 1.72. The predicted octanol–water partition coefficient (Wildman–Crippen LogP) is 1.45. The van der Waals surface area contributed by atoms with Gasteiger partial charge in [-0.2, -0.15) is 0 Å². The molecule has 3 rings (SSSR count). The Hall–Kier alpha value is -2.35. The molecule has 2 aromatic heterocycles. The molecule has 0 fully saturated rings. The zero-order valence-electron chi connectivity index (χ0n) is 10.6. The first-order chi connectivity index (χ1) is 9.74. The van der Waals surface area contributed by atoms with Crippen molar-refractivity contribution in [3.8, 4) is 11.5 Å². The molecule has 0 saturated carbocycles. The van der Waals surface area contributed by atoms with Crippen LogP contribution in [0.5, 0.6) is 0 Å². The van der Waals surface area contributed by atoms with Crippen molar-refractivity contribution in [3.63, 3.8) is 0 Å². The summed E-state index contributed by atoms with van der Waals surface area (Å²) in [6.07, 6.45) is 0. The molecule has 0 radical (unpaired) electrons. The van der Waals surface area contributed by atoms with Gasteiger partial charge in [0.05, 0.1) is 5.75 Å². The topological polar surface area (TPSA) is 89.6 Å². The maximum absolute atomic E-state index is 11.2. The van der Waals surface area contributed by atoms with E-state index in [1.54, 1.807) is 7.05 Å². The maximum atomic E-state index is 11.2. The Morgan fingerprint density at radius 3 is 2.80 bits per heavy atom. The second kappa shape index (κ2) is 5.33. The van der Waals surface area contributed by atoms with Gasteiger partial charge in [0.25, 0.3) is 0 Å². The smallest absolute Gasteiger partial charge is 0.343 e. The van der Waals surface area contributed by atoms with E-state index in [9.17, 15) is 4.79 Å². The molecule has 102 valence electrons. The Labute approximate surface area is 118 Å². The largest absolute Gasteiger partial charge is 0.420 e. The molecule has 1 N–H and O–H groups in total. The summed E-state index contributed by atoms with van der Waals surface area (Å²) in [5.41, 5.74) is 0.631. The molecule has 1 aromatic carbocycles. The van der Waals surface area contributed by atoms with Crippen molar-refractivity contribution in [2.75, 3.05) is 0 Å². The summed E-state index contributed by atoms with van der Waals surface area (Å²) in [7, 11) is 1.65. The van der Waals surface area contributed by atoms with Gasteiger partial charge >= 0.3 is 5.69 Å². The summed E-state index contributed by atoms with van der Waals surface area (Å²) in [6.45, 7) is 0. The molecule has 0 saturated heterocycles. The molecule has 3 aromatic rings. The van der Waals surface area contributed by atoms with Crippen LogP contribution >= 0.6 is 11.8 Å². The third-order valence-corrected chi connectivity index (χ3v) is 3.67. The zero-order chi connectivity index (χ0) is 13.9. The summed E-state index contributed by atoms with van der Waals surface area (Å²) >= 11 is 1.35. The van der Waals surface area contributed by atoms with Gasteiger partial charge in [-0.15, -0.1) is 15.3 Å². The van der Waals surface area contributed by atoms with E-state index in [1.165, 1.54) is 16.3 Å². The highest BCUT2D eigenvalue weighted by atomic mass is 32.2. The van der Waals surface area contributed by atoms with E-state index in [4.69, 9.17) is 4.42 Å². The standard InChI is InChI=1S/C12H11N5O2S/c1-17-11(18)15-16-12(17)20-7-9-13-14-10(19-9)8-5-3-2-4-6-8/h2-6H,7H2,1H3,(H,15,18). The highest BCUT2D eigenvalue weighted by Gasteiger charge is 2.11. The predicted molar refractivity (Wildman–Crippen MR) is 73.1 cm³/mol. The Morgan fingerprint density at radius 1 is 1.30 bits per heavy atom. The van der Waals surface area contributed by atoms with Gasteiger partial charge < -0.3 is 4.42 Å². The average Bonchev–Trinajstić information content (AvgIpc) is 3.07. The third-order valence-electron chi connectivity index (χ3n) is 2.65. The average molecular weight is 289 g/mol. The van der Waals surface area contributed by atoms with E-state index in [2.05, 4.69) is 20.4 Å². The second-order valence-electron chi connectivity index (χ2n) is 4.03. The number of hydrogen-bond donors (Lipinski definition) is 1. The first kappa shape index (κ1) is 12.7. The lowest BCUT2D eigenvalue weighted by molar-refractivity contribution is 0.528. The number of H-pyrrole nitrogens is 1. The first-order valence-corrected chi connectivity index (χ1v) is 6.84. The van der Waals surface area contributed by atoms with Crippen LogP contribution in [0.3, 0.4) is 0 Å². The van der Waals surface area contributed by atoms with Crippen LogP contribution in [-0.2, 0) is 12.8 Å². The molecule has 7 nitrogen and oxygen atoms in total. The Kier molecular flexibility index (Phi) is 3.38. The second-order valence-corrected chi connectivity index (χ2v) is 4.97. The van der Waals surface area contributed by atoms with Crippen molar-refractivity contribution in [2.45, 2.75) is 10.9 Å². The van der Waals surface area contributed by atoms with E-state index in [-0.39, 0.29) is 5.69 Å². The molecular weight excluding hydrogens is 278 g/mol. The summed E-state index contributed by atoms with van der Waals surface area (Å²) in [5, 5.41) is 14.8. The van der Waals surface area contributed by atoms with Crippen LogP contribution in [0, 0.1) is 0 Å². The molecule has 0 unspecified atom stereocenters. The molecule has 2 heterocycles. The number of aromatic amines is 1.